The molecule has 4 heterocycles. The van der Waals surface area contributed by atoms with E-state index in [0.29, 0.717) is 0 Å². The average molecular weight is 526 g/mol. The van der Waals surface area contributed by atoms with Crippen LogP contribution in [-0.4, -0.2) is 61.6 Å². The summed E-state index contributed by atoms with van der Waals surface area (Å²) in [6.07, 6.45) is -0.0415. The molecule has 2 amide bonds. The smallest absolute Gasteiger partial charge is 0.756 e. The van der Waals surface area contributed by atoms with Gasteiger partial charge in [0.05, 0.1) is 12.9 Å². The molecule has 2 unspecified atom stereocenters. The predicted molar refractivity (Wildman–Crippen MR) is 120 cm³/mol. The maximum absolute atomic E-state index is 12.6. The van der Waals surface area contributed by atoms with Crippen LogP contribution in [0.4, 0.5) is 10.6 Å². The predicted octanol–water partition coefficient (Wildman–Crippen LogP) is -1.88. The number of benzene rings is 1. The average Bonchev–Trinajstić information content (AvgIpc) is 3.39. The molecule has 1 aromatic carbocycles. The van der Waals surface area contributed by atoms with Gasteiger partial charge in [-0.2, -0.15) is 0 Å². The first kappa shape index (κ1) is 27.1. The summed E-state index contributed by atoms with van der Waals surface area (Å²) in [4.78, 5) is 36.7. The number of phosphoric ester groups is 1. The van der Waals surface area contributed by atoms with Crippen LogP contribution in [0.2, 0.25) is 0 Å². The summed E-state index contributed by atoms with van der Waals surface area (Å²) in [7, 11) is -4.50. The van der Waals surface area contributed by atoms with Crippen molar-refractivity contribution in [1.29, 1.82) is 0 Å². The van der Waals surface area contributed by atoms with E-state index in [9.17, 15) is 19.4 Å². The standard InChI is InChI=1S/C21H25N6O7P.Na/c1-12(7-8-13-5-3-2-4-6-13)25-21(29)26-18-15-19(23-10-22-18)27(11-24-15)20-16(28)17-14(33-20)9-32-35(30,31)34-17;/h2-6,10-12,14,16-17,20,28H,7-9H2,1H3,(H,30,31)(H2,22,23,25,26,29);/q;+1/p-1/t12?,14-,16-,17-,20-;/m1./s1. The first-order valence-electron chi connectivity index (χ1n) is 11.1. The molecule has 2 aromatic heterocycles. The Morgan fingerprint density at radius 2 is 2.08 bits per heavy atom. The summed E-state index contributed by atoms with van der Waals surface area (Å²) in [6, 6.07) is 9.47. The van der Waals surface area contributed by atoms with Crippen molar-refractivity contribution in [2.24, 2.45) is 0 Å². The molecule has 0 radical (unpaired) electrons. The SMILES string of the molecule is CC(CCc1ccccc1)NC(=O)Nc1ncnc2c1ncn2[C@@H]1O[C@@H]2COP(=O)([O-])O[C@H]2[C@H]1O.[Na+]. The number of fused-ring (bicyclic) bond motifs is 2. The number of carbonyl (C=O) groups excluding carboxylic acids is 1. The number of anilines is 1. The molecule has 3 aromatic rings. The second kappa shape index (κ2) is 11.2. The van der Waals surface area contributed by atoms with Crippen molar-refractivity contribution >= 4 is 30.8 Å². The minimum atomic E-state index is -4.50. The zero-order chi connectivity index (χ0) is 24.6. The minimum Gasteiger partial charge on any atom is -0.756 e. The van der Waals surface area contributed by atoms with Crippen molar-refractivity contribution < 1.29 is 62.7 Å². The maximum Gasteiger partial charge on any atom is 1.00 e. The Hall–Kier alpha value is -1.93. The fraction of sp³-hybridized carbons (Fsp3) is 0.429. The second-order valence-electron chi connectivity index (χ2n) is 8.44. The van der Waals surface area contributed by atoms with Crippen molar-refractivity contribution in [3.05, 3.63) is 48.5 Å². The van der Waals surface area contributed by atoms with Crippen molar-refractivity contribution in [2.45, 2.75) is 50.3 Å². The Kier molecular flexibility index (Phi) is 8.45. The number of urea groups is 1. The third-order valence-electron chi connectivity index (χ3n) is 5.91. The van der Waals surface area contributed by atoms with Crippen LogP contribution in [0, 0.1) is 0 Å². The molecule has 15 heteroatoms. The van der Waals surface area contributed by atoms with Crippen LogP contribution in [0.5, 0.6) is 0 Å². The summed E-state index contributed by atoms with van der Waals surface area (Å²) >= 11 is 0. The van der Waals surface area contributed by atoms with Gasteiger partial charge in [0.2, 0.25) is 0 Å². The number of aliphatic hydroxyl groups excluding tert-OH is 1. The van der Waals surface area contributed by atoms with E-state index >= 15 is 0 Å². The van der Waals surface area contributed by atoms with Gasteiger partial charge in [-0.3, -0.25) is 14.4 Å². The Morgan fingerprint density at radius 1 is 1.31 bits per heavy atom. The van der Waals surface area contributed by atoms with E-state index in [4.69, 9.17) is 9.26 Å². The summed E-state index contributed by atoms with van der Waals surface area (Å²) in [5.41, 5.74) is 1.74. The summed E-state index contributed by atoms with van der Waals surface area (Å²) < 4.78 is 28.3. The van der Waals surface area contributed by atoms with Gasteiger partial charge < -0.3 is 29.1 Å². The third-order valence-corrected chi connectivity index (χ3v) is 6.88. The first-order chi connectivity index (χ1) is 16.8. The fourth-order valence-corrected chi connectivity index (χ4v) is 5.10. The van der Waals surface area contributed by atoms with Gasteiger partial charge in [-0.1, -0.05) is 30.3 Å². The van der Waals surface area contributed by atoms with Crippen molar-refractivity contribution in [1.82, 2.24) is 24.8 Å². The van der Waals surface area contributed by atoms with Crippen molar-refractivity contribution in [3.8, 4) is 0 Å². The number of rotatable bonds is 6. The Balaban J connectivity index is 0.00000304. The van der Waals surface area contributed by atoms with E-state index in [2.05, 4.69) is 30.1 Å². The van der Waals surface area contributed by atoms with Crippen LogP contribution in [0.1, 0.15) is 25.1 Å². The topological polar surface area (TPSA) is 173 Å². The van der Waals surface area contributed by atoms with E-state index < -0.39 is 38.4 Å². The van der Waals surface area contributed by atoms with Crippen molar-refractivity contribution in [2.75, 3.05) is 11.9 Å². The second-order valence-corrected chi connectivity index (χ2v) is 9.80. The molecule has 5 rings (SSSR count). The molecule has 186 valence electrons. The number of aromatic nitrogens is 4. The van der Waals surface area contributed by atoms with Gasteiger partial charge in [-0.05, 0) is 25.3 Å². The number of phosphoric acid groups is 1. The molecule has 2 fully saturated rings. The van der Waals surface area contributed by atoms with Gasteiger partial charge in [-0.15, -0.1) is 0 Å². The van der Waals surface area contributed by atoms with E-state index in [0.717, 1.165) is 12.8 Å². The van der Waals surface area contributed by atoms with Gasteiger partial charge in [0.1, 0.15) is 24.6 Å². The Bertz CT molecular complexity index is 1260. The first-order valence-corrected chi connectivity index (χ1v) is 12.5. The molecule has 13 nitrogen and oxygen atoms in total. The van der Waals surface area contributed by atoms with Gasteiger partial charge in [0.15, 0.2) is 23.2 Å². The molecule has 2 saturated heterocycles. The van der Waals surface area contributed by atoms with E-state index in [1.807, 2.05) is 37.3 Å². The minimum absolute atomic E-state index is 0. The number of carbonyl (C=O) groups is 1. The fourth-order valence-electron chi connectivity index (χ4n) is 4.15. The maximum atomic E-state index is 12.6. The monoisotopic (exact) mass is 526 g/mol. The molecule has 0 bridgehead atoms. The number of ether oxygens (including phenoxy) is 1. The van der Waals surface area contributed by atoms with E-state index in [1.165, 1.54) is 22.8 Å². The molecule has 0 aliphatic carbocycles. The number of nitrogens with zero attached hydrogens (tertiary/aromatic N) is 4. The summed E-state index contributed by atoms with van der Waals surface area (Å²) in [5, 5.41) is 16.2. The molecule has 6 atom stereocenters. The molecule has 2 aliphatic rings. The van der Waals surface area contributed by atoms with Crippen LogP contribution in [0.25, 0.3) is 11.2 Å². The zero-order valence-corrected chi connectivity index (χ0v) is 22.6. The molecular formula is C21H24N6NaO7P. The third kappa shape index (κ3) is 5.80. The molecule has 0 saturated carbocycles. The van der Waals surface area contributed by atoms with E-state index in [1.54, 1.807) is 0 Å². The normalized spacial score (nSPS) is 28.2. The Morgan fingerprint density at radius 3 is 2.86 bits per heavy atom. The number of aliphatic hydroxyl groups is 1. The summed E-state index contributed by atoms with van der Waals surface area (Å²) in [6.45, 7) is 1.65. The van der Waals surface area contributed by atoms with Crippen LogP contribution in [-0.2, 0) is 24.8 Å². The largest absolute Gasteiger partial charge is 1.00 e. The Labute approximate surface area is 228 Å². The zero-order valence-electron chi connectivity index (χ0n) is 19.7. The number of imidazole rings is 1. The number of amides is 2. The molecule has 36 heavy (non-hydrogen) atoms. The van der Waals surface area contributed by atoms with Gasteiger partial charge in [0, 0.05) is 6.04 Å². The van der Waals surface area contributed by atoms with Crippen LogP contribution < -0.4 is 45.1 Å². The number of hydrogen-bond acceptors (Lipinski definition) is 10. The molecule has 2 aliphatic heterocycles. The molecule has 0 spiro atoms. The molecular weight excluding hydrogens is 502 g/mol. The number of nitrogens with one attached hydrogen (secondary N) is 2. The van der Waals surface area contributed by atoms with E-state index in [-0.39, 0.29) is 59.2 Å². The van der Waals surface area contributed by atoms with Crippen LogP contribution in [0.3, 0.4) is 0 Å². The van der Waals surface area contributed by atoms with Gasteiger partial charge in [-0.25, -0.2) is 19.7 Å². The molecule has 3 N–H and O–H groups in total. The van der Waals surface area contributed by atoms with Crippen LogP contribution >= 0.6 is 7.82 Å². The quantitative estimate of drug-likeness (QED) is 0.244. The summed E-state index contributed by atoms with van der Waals surface area (Å²) in [5.74, 6) is 0.176. The number of aryl methyl sites for hydroxylation is 1. The van der Waals surface area contributed by atoms with Crippen LogP contribution in [0.15, 0.2) is 43.0 Å². The van der Waals surface area contributed by atoms with Crippen molar-refractivity contribution in [3.63, 3.8) is 0 Å². The van der Waals surface area contributed by atoms with Gasteiger partial charge >= 0.3 is 35.6 Å². The van der Waals surface area contributed by atoms with Gasteiger partial charge in [0.25, 0.3) is 7.82 Å². The number of hydrogen-bond donors (Lipinski definition) is 3.